The SMILES string of the molecule is OC(CCc1cc(-c2ccc3ncn(C4CCOCC4)c3c2)ccn1)CN1CCc2ccccc2C1. The summed E-state index contributed by atoms with van der Waals surface area (Å²) in [4.78, 5) is 11.6. The zero-order valence-electron chi connectivity index (χ0n) is 20.7. The molecule has 2 aliphatic rings. The lowest BCUT2D eigenvalue weighted by molar-refractivity contribution is 0.0706. The number of nitrogens with zero attached hydrogens (tertiary/aromatic N) is 4. The number of hydrogen-bond donors (Lipinski definition) is 1. The molecule has 0 spiro atoms. The number of pyridine rings is 1. The van der Waals surface area contributed by atoms with Gasteiger partial charge in [0.2, 0.25) is 0 Å². The minimum atomic E-state index is -0.356. The van der Waals surface area contributed by atoms with E-state index in [-0.39, 0.29) is 6.10 Å². The van der Waals surface area contributed by atoms with E-state index in [2.05, 4.69) is 74.0 Å². The quantitative estimate of drug-likeness (QED) is 0.410. The maximum absolute atomic E-state index is 10.8. The molecule has 0 radical (unpaired) electrons. The van der Waals surface area contributed by atoms with E-state index in [0.717, 1.165) is 68.8 Å². The highest BCUT2D eigenvalue weighted by Gasteiger charge is 2.20. The van der Waals surface area contributed by atoms with Gasteiger partial charge in [-0.3, -0.25) is 9.88 Å². The zero-order valence-corrected chi connectivity index (χ0v) is 20.7. The number of β-amino-alcohol motifs (C(OH)–C–C–N with tert-alkyl or cyclic N) is 1. The highest BCUT2D eigenvalue weighted by Crippen LogP contribution is 2.29. The Morgan fingerprint density at radius 2 is 1.81 bits per heavy atom. The van der Waals surface area contributed by atoms with Gasteiger partial charge in [-0.2, -0.15) is 0 Å². The van der Waals surface area contributed by atoms with Crippen molar-refractivity contribution in [2.24, 2.45) is 0 Å². The Balaban J connectivity index is 1.11. The normalized spacial score (nSPS) is 17.8. The number of benzene rings is 2. The van der Waals surface area contributed by atoms with Crippen LogP contribution in [0.25, 0.3) is 22.2 Å². The summed E-state index contributed by atoms with van der Waals surface area (Å²) in [5.41, 5.74) is 8.39. The summed E-state index contributed by atoms with van der Waals surface area (Å²) in [5.74, 6) is 0. The second-order valence-corrected chi connectivity index (χ2v) is 10.2. The Labute approximate surface area is 212 Å². The number of aromatic nitrogens is 3. The molecule has 4 heterocycles. The molecule has 186 valence electrons. The second-order valence-electron chi connectivity index (χ2n) is 10.2. The van der Waals surface area contributed by atoms with Crippen LogP contribution in [-0.4, -0.2) is 56.9 Å². The van der Waals surface area contributed by atoms with Crippen molar-refractivity contribution in [2.75, 3.05) is 26.3 Å². The summed E-state index contributed by atoms with van der Waals surface area (Å²) in [6.07, 6.45) is 8.10. The monoisotopic (exact) mass is 482 g/mol. The second kappa shape index (κ2) is 10.5. The van der Waals surface area contributed by atoms with Crippen LogP contribution in [0.1, 0.15) is 42.1 Å². The van der Waals surface area contributed by atoms with E-state index in [4.69, 9.17) is 4.74 Å². The van der Waals surface area contributed by atoms with Gasteiger partial charge in [0, 0.05) is 50.8 Å². The van der Waals surface area contributed by atoms with Crippen LogP contribution in [0.4, 0.5) is 0 Å². The van der Waals surface area contributed by atoms with Crippen molar-refractivity contribution >= 4 is 11.0 Å². The van der Waals surface area contributed by atoms with Gasteiger partial charge in [0.05, 0.1) is 23.5 Å². The molecule has 0 amide bonds. The Bertz CT molecular complexity index is 1330. The van der Waals surface area contributed by atoms with Crippen LogP contribution >= 0.6 is 0 Å². The van der Waals surface area contributed by atoms with E-state index in [1.807, 2.05) is 12.5 Å². The summed E-state index contributed by atoms with van der Waals surface area (Å²) < 4.78 is 7.87. The molecule has 36 heavy (non-hydrogen) atoms. The van der Waals surface area contributed by atoms with Gasteiger partial charge in [-0.1, -0.05) is 30.3 Å². The summed E-state index contributed by atoms with van der Waals surface area (Å²) in [7, 11) is 0. The smallest absolute Gasteiger partial charge is 0.0960 e. The standard InChI is InChI=1S/C30H34N4O2/c35-28(20-33-14-10-22-3-1-2-4-25(22)19-33)7-6-26-17-24(9-13-31-26)23-5-8-29-30(18-23)34(21-32-29)27-11-15-36-16-12-27/h1-5,8-9,13,17-18,21,27-28,35H,6-7,10-12,14-16,19-20H2. The maximum atomic E-state index is 10.8. The predicted octanol–water partition coefficient (Wildman–Crippen LogP) is 4.80. The minimum absolute atomic E-state index is 0.356. The molecule has 6 nitrogen and oxygen atoms in total. The van der Waals surface area contributed by atoms with E-state index >= 15 is 0 Å². The molecular weight excluding hydrogens is 448 g/mol. The molecule has 4 aromatic rings. The van der Waals surface area contributed by atoms with Crippen LogP contribution in [0.5, 0.6) is 0 Å². The summed E-state index contributed by atoms with van der Waals surface area (Å²) in [5, 5.41) is 10.8. The topological polar surface area (TPSA) is 63.4 Å². The fourth-order valence-corrected chi connectivity index (χ4v) is 5.67. The first-order chi connectivity index (χ1) is 17.7. The van der Waals surface area contributed by atoms with Gasteiger partial charge >= 0.3 is 0 Å². The van der Waals surface area contributed by atoms with Crippen molar-refractivity contribution in [1.29, 1.82) is 0 Å². The van der Waals surface area contributed by atoms with Gasteiger partial charge in [0.1, 0.15) is 0 Å². The fourth-order valence-electron chi connectivity index (χ4n) is 5.67. The molecular formula is C30H34N4O2. The molecule has 2 aromatic heterocycles. The highest BCUT2D eigenvalue weighted by atomic mass is 16.5. The van der Waals surface area contributed by atoms with Crippen molar-refractivity contribution in [1.82, 2.24) is 19.4 Å². The van der Waals surface area contributed by atoms with E-state index < -0.39 is 0 Å². The van der Waals surface area contributed by atoms with Crippen molar-refractivity contribution in [2.45, 2.75) is 50.8 Å². The van der Waals surface area contributed by atoms with Gasteiger partial charge in [0.15, 0.2) is 0 Å². The largest absolute Gasteiger partial charge is 0.392 e. The first kappa shape index (κ1) is 23.3. The van der Waals surface area contributed by atoms with Crippen molar-refractivity contribution in [3.8, 4) is 11.1 Å². The van der Waals surface area contributed by atoms with Crippen molar-refractivity contribution in [3.63, 3.8) is 0 Å². The molecule has 0 aliphatic carbocycles. The summed E-state index contributed by atoms with van der Waals surface area (Å²) in [6.45, 7) is 4.27. The molecule has 1 unspecified atom stereocenters. The number of hydrogen-bond acceptors (Lipinski definition) is 5. The first-order valence-corrected chi connectivity index (χ1v) is 13.2. The fraction of sp³-hybridized carbons (Fsp3) is 0.400. The number of imidazole rings is 1. The number of fused-ring (bicyclic) bond motifs is 2. The average Bonchev–Trinajstić information content (AvgIpc) is 3.36. The molecule has 6 rings (SSSR count). The molecule has 1 fully saturated rings. The highest BCUT2D eigenvalue weighted by molar-refractivity contribution is 5.82. The van der Waals surface area contributed by atoms with Gasteiger partial charge < -0.3 is 14.4 Å². The van der Waals surface area contributed by atoms with Crippen LogP contribution < -0.4 is 0 Å². The molecule has 0 saturated carbocycles. The molecule has 1 saturated heterocycles. The van der Waals surface area contributed by atoms with Crippen LogP contribution in [0.3, 0.4) is 0 Å². The number of aliphatic hydroxyl groups excluding tert-OH is 1. The van der Waals surface area contributed by atoms with Gasteiger partial charge in [-0.05, 0) is 78.6 Å². The Morgan fingerprint density at radius 1 is 0.972 bits per heavy atom. The van der Waals surface area contributed by atoms with E-state index in [0.29, 0.717) is 19.0 Å². The van der Waals surface area contributed by atoms with E-state index in [9.17, 15) is 5.11 Å². The maximum Gasteiger partial charge on any atom is 0.0960 e. The molecule has 6 heteroatoms. The Morgan fingerprint density at radius 3 is 2.69 bits per heavy atom. The Kier molecular flexibility index (Phi) is 6.81. The van der Waals surface area contributed by atoms with Crippen LogP contribution in [0, 0.1) is 0 Å². The number of ether oxygens (including phenoxy) is 1. The van der Waals surface area contributed by atoms with Gasteiger partial charge in [-0.15, -0.1) is 0 Å². The summed E-state index contributed by atoms with van der Waals surface area (Å²) >= 11 is 0. The lowest BCUT2D eigenvalue weighted by Gasteiger charge is -2.30. The Hall–Kier alpha value is -3.06. The lowest BCUT2D eigenvalue weighted by Crippen LogP contribution is -2.36. The molecule has 0 bridgehead atoms. The van der Waals surface area contributed by atoms with E-state index in [1.165, 1.54) is 22.2 Å². The molecule has 2 aliphatic heterocycles. The van der Waals surface area contributed by atoms with Gasteiger partial charge in [0.25, 0.3) is 0 Å². The van der Waals surface area contributed by atoms with Crippen LogP contribution in [-0.2, 0) is 24.1 Å². The summed E-state index contributed by atoms with van der Waals surface area (Å²) in [6, 6.07) is 19.8. The number of aliphatic hydroxyl groups is 1. The van der Waals surface area contributed by atoms with E-state index in [1.54, 1.807) is 0 Å². The third-order valence-corrected chi connectivity index (χ3v) is 7.72. The van der Waals surface area contributed by atoms with Crippen LogP contribution in [0.15, 0.2) is 67.1 Å². The molecule has 2 aromatic carbocycles. The molecule has 1 atom stereocenters. The first-order valence-electron chi connectivity index (χ1n) is 13.2. The molecule has 1 N–H and O–H groups in total. The number of aryl methyl sites for hydroxylation is 1. The zero-order chi connectivity index (χ0) is 24.3. The average molecular weight is 483 g/mol. The third-order valence-electron chi connectivity index (χ3n) is 7.72. The third kappa shape index (κ3) is 5.07. The van der Waals surface area contributed by atoms with Crippen molar-refractivity contribution < 1.29 is 9.84 Å². The van der Waals surface area contributed by atoms with Crippen LogP contribution in [0.2, 0.25) is 0 Å². The lowest BCUT2D eigenvalue weighted by atomic mass is 9.99. The predicted molar refractivity (Wildman–Crippen MR) is 142 cm³/mol. The number of rotatable bonds is 7. The van der Waals surface area contributed by atoms with Crippen molar-refractivity contribution in [3.05, 3.63) is 83.9 Å². The minimum Gasteiger partial charge on any atom is -0.392 e. The van der Waals surface area contributed by atoms with Gasteiger partial charge in [-0.25, -0.2) is 4.98 Å².